The second-order valence-corrected chi connectivity index (χ2v) is 9.64. The summed E-state index contributed by atoms with van der Waals surface area (Å²) in [7, 11) is 4.44. The number of nitrogens with zero attached hydrogens (tertiary/aromatic N) is 2. The Morgan fingerprint density at radius 3 is 2.12 bits per heavy atom. The van der Waals surface area contributed by atoms with Gasteiger partial charge in [-0.05, 0) is 87.3 Å². The number of rotatable bonds is 8. The summed E-state index contributed by atoms with van der Waals surface area (Å²) in [4.78, 5) is 4.90. The number of hydrogen-bond donors (Lipinski definition) is 0. The minimum atomic E-state index is 0.350. The van der Waals surface area contributed by atoms with Gasteiger partial charge in [0.15, 0.2) is 0 Å². The Kier molecular flexibility index (Phi) is 6.65. The third kappa shape index (κ3) is 5.58. The van der Waals surface area contributed by atoms with E-state index in [1.807, 2.05) is 42.5 Å². The van der Waals surface area contributed by atoms with Crippen LogP contribution in [-0.2, 0) is 13.1 Å². The van der Waals surface area contributed by atoms with Gasteiger partial charge in [-0.3, -0.25) is 4.90 Å². The maximum absolute atomic E-state index is 6.43. The molecule has 0 radical (unpaired) electrons. The Hall–Kier alpha value is -2.82. The summed E-state index contributed by atoms with van der Waals surface area (Å²) in [6, 6.07) is 28.3. The first-order valence-electron chi connectivity index (χ1n) is 12.1. The lowest BCUT2D eigenvalue weighted by molar-refractivity contribution is 0.0661. The molecule has 33 heavy (non-hydrogen) atoms. The molecule has 0 spiro atoms. The van der Waals surface area contributed by atoms with Crippen LogP contribution in [0.2, 0.25) is 0 Å². The first-order chi connectivity index (χ1) is 16.1. The van der Waals surface area contributed by atoms with Crippen LogP contribution in [0.3, 0.4) is 0 Å². The summed E-state index contributed by atoms with van der Waals surface area (Å²) in [6.45, 7) is 1.77. The molecule has 2 aliphatic rings. The van der Waals surface area contributed by atoms with Gasteiger partial charge in [-0.25, -0.2) is 0 Å². The zero-order valence-corrected chi connectivity index (χ0v) is 19.7. The van der Waals surface area contributed by atoms with Crippen molar-refractivity contribution in [1.82, 2.24) is 9.80 Å². The van der Waals surface area contributed by atoms with Crippen molar-refractivity contribution in [2.24, 2.45) is 0 Å². The summed E-state index contributed by atoms with van der Waals surface area (Å²) in [5.41, 5.74) is 2.56. The van der Waals surface area contributed by atoms with Gasteiger partial charge in [0.2, 0.25) is 0 Å². The molecule has 2 saturated heterocycles. The highest BCUT2D eigenvalue weighted by Crippen LogP contribution is 2.36. The highest BCUT2D eigenvalue weighted by molar-refractivity contribution is 5.33. The lowest BCUT2D eigenvalue weighted by Crippen LogP contribution is -2.43. The molecule has 2 heterocycles. The number of benzene rings is 3. The molecule has 0 aliphatic carbocycles. The van der Waals surface area contributed by atoms with E-state index in [1.54, 1.807) is 0 Å². The number of para-hydroxylation sites is 1. The van der Waals surface area contributed by atoms with Crippen molar-refractivity contribution in [2.75, 3.05) is 14.1 Å². The van der Waals surface area contributed by atoms with Crippen LogP contribution in [0, 0.1) is 0 Å². The van der Waals surface area contributed by atoms with Gasteiger partial charge in [-0.2, -0.15) is 0 Å². The van der Waals surface area contributed by atoms with E-state index in [-0.39, 0.29) is 0 Å². The number of fused-ring (bicyclic) bond motifs is 2. The van der Waals surface area contributed by atoms with Crippen LogP contribution in [0.1, 0.15) is 36.8 Å². The van der Waals surface area contributed by atoms with Gasteiger partial charge in [-0.15, -0.1) is 0 Å². The van der Waals surface area contributed by atoms with Crippen molar-refractivity contribution >= 4 is 0 Å². The van der Waals surface area contributed by atoms with Gasteiger partial charge in [-0.1, -0.05) is 42.5 Å². The van der Waals surface area contributed by atoms with E-state index in [4.69, 9.17) is 9.47 Å². The van der Waals surface area contributed by atoms with E-state index in [1.165, 1.54) is 24.0 Å². The molecule has 0 N–H and O–H groups in total. The fourth-order valence-electron chi connectivity index (χ4n) is 5.33. The largest absolute Gasteiger partial charge is 0.490 e. The highest BCUT2D eigenvalue weighted by atomic mass is 16.5. The zero-order chi connectivity index (χ0) is 22.6. The summed E-state index contributed by atoms with van der Waals surface area (Å²) >= 11 is 0. The van der Waals surface area contributed by atoms with E-state index in [0.717, 1.165) is 43.2 Å². The Bertz CT molecular complexity index is 1020. The molecule has 5 rings (SSSR count). The quantitative estimate of drug-likeness (QED) is 0.420. The topological polar surface area (TPSA) is 24.9 Å². The maximum atomic E-state index is 6.43. The van der Waals surface area contributed by atoms with Crippen molar-refractivity contribution in [3.63, 3.8) is 0 Å². The van der Waals surface area contributed by atoms with E-state index in [2.05, 4.69) is 60.3 Å². The van der Waals surface area contributed by atoms with Crippen LogP contribution in [0.4, 0.5) is 0 Å². The normalized spacial score (nSPS) is 22.5. The van der Waals surface area contributed by atoms with Crippen LogP contribution in [-0.4, -0.2) is 42.1 Å². The van der Waals surface area contributed by atoms with Crippen LogP contribution in [0.15, 0.2) is 78.9 Å². The molecule has 2 fully saturated rings. The molecular weight excluding hydrogens is 408 g/mol. The first kappa shape index (κ1) is 22.0. The van der Waals surface area contributed by atoms with Gasteiger partial charge in [0.25, 0.3) is 0 Å². The minimum Gasteiger partial charge on any atom is -0.490 e. The molecule has 2 bridgehead atoms. The van der Waals surface area contributed by atoms with E-state index in [0.29, 0.717) is 18.2 Å². The molecule has 4 heteroatoms. The van der Waals surface area contributed by atoms with Crippen LogP contribution in [0.5, 0.6) is 17.2 Å². The van der Waals surface area contributed by atoms with Crippen molar-refractivity contribution in [1.29, 1.82) is 0 Å². The molecule has 3 aromatic rings. The molecule has 0 saturated carbocycles. The fourth-order valence-corrected chi connectivity index (χ4v) is 5.33. The first-order valence-corrected chi connectivity index (χ1v) is 12.1. The van der Waals surface area contributed by atoms with Crippen molar-refractivity contribution < 1.29 is 9.47 Å². The Morgan fingerprint density at radius 2 is 1.39 bits per heavy atom. The van der Waals surface area contributed by atoms with Gasteiger partial charge in [0.05, 0.1) is 0 Å². The smallest absolute Gasteiger partial charge is 0.127 e. The summed E-state index contributed by atoms with van der Waals surface area (Å²) < 4.78 is 12.3. The molecular formula is C29H34N2O2. The molecule has 2 atom stereocenters. The van der Waals surface area contributed by atoms with Crippen LogP contribution < -0.4 is 9.47 Å². The van der Waals surface area contributed by atoms with E-state index < -0.39 is 0 Å². The summed E-state index contributed by atoms with van der Waals surface area (Å²) in [5, 5.41) is 0. The molecule has 3 aromatic carbocycles. The van der Waals surface area contributed by atoms with Gasteiger partial charge in [0, 0.05) is 25.2 Å². The Morgan fingerprint density at radius 1 is 0.758 bits per heavy atom. The minimum absolute atomic E-state index is 0.350. The van der Waals surface area contributed by atoms with Crippen molar-refractivity contribution in [3.8, 4) is 17.2 Å². The van der Waals surface area contributed by atoms with E-state index in [9.17, 15) is 0 Å². The summed E-state index contributed by atoms with van der Waals surface area (Å²) in [6.07, 6.45) is 5.31. The third-order valence-electron chi connectivity index (χ3n) is 7.06. The lowest BCUT2D eigenvalue weighted by Gasteiger charge is -2.36. The Balaban J connectivity index is 1.14. The van der Waals surface area contributed by atoms with Crippen LogP contribution in [0.25, 0.3) is 0 Å². The SMILES string of the molecule is CN(Cc1ccc(Oc2ccccc2)cc1)Cc1cccc(OC2CC3CCC(C2)N3C)c1. The van der Waals surface area contributed by atoms with Crippen LogP contribution >= 0.6 is 0 Å². The average Bonchev–Trinajstić information content (AvgIpc) is 3.02. The Labute approximate surface area is 197 Å². The zero-order valence-electron chi connectivity index (χ0n) is 19.7. The fraction of sp³-hybridized carbons (Fsp3) is 0.379. The molecule has 0 amide bonds. The second-order valence-electron chi connectivity index (χ2n) is 9.64. The standard InChI is InChI=1S/C29H34N2O2/c1-30(20-22-11-15-27(16-12-22)32-26-8-4-3-5-9-26)21-23-7-6-10-28(17-23)33-29-18-24-13-14-25(19-29)31(24)2/h3-12,15-17,24-25,29H,13-14,18-21H2,1-2H3. The monoisotopic (exact) mass is 442 g/mol. The molecule has 2 unspecified atom stereocenters. The maximum Gasteiger partial charge on any atom is 0.127 e. The molecule has 0 aromatic heterocycles. The summed E-state index contributed by atoms with van der Waals surface area (Å²) in [5.74, 6) is 2.73. The van der Waals surface area contributed by atoms with Crippen molar-refractivity contribution in [2.45, 2.75) is 57.0 Å². The average molecular weight is 443 g/mol. The van der Waals surface area contributed by atoms with Gasteiger partial charge >= 0.3 is 0 Å². The number of ether oxygens (including phenoxy) is 2. The number of piperidine rings is 1. The van der Waals surface area contributed by atoms with Crippen molar-refractivity contribution in [3.05, 3.63) is 90.0 Å². The predicted molar refractivity (Wildman–Crippen MR) is 133 cm³/mol. The predicted octanol–water partition coefficient (Wildman–Crippen LogP) is 6.11. The highest BCUT2D eigenvalue weighted by Gasteiger charge is 2.39. The number of hydrogen-bond acceptors (Lipinski definition) is 4. The molecule has 4 nitrogen and oxygen atoms in total. The third-order valence-corrected chi connectivity index (χ3v) is 7.06. The van der Waals surface area contributed by atoms with Gasteiger partial charge < -0.3 is 14.4 Å². The van der Waals surface area contributed by atoms with E-state index >= 15 is 0 Å². The molecule has 172 valence electrons. The molecule has 2 aliphatic heterocycles. The van der Waals surface area contributed by atoms with Gasteiger partial charge in [0.1, 0.15) is 23.4 Å². The lowest BCUT2D eigenvalue weighted by atomic mass is 10.0. The second kappa shape index (κ2) is 9.98.